The molecule has 1 aromatic heterocycles. The lowest BCUT2D eigenvalue weighted by Crippen LogP contribution is -2.56. The number of piperidine rings is 1. The van der Waals surface area contributed by atoms with Crippen molar-refractivity contribution in [1.82, 2.24) is 20.1 Å². The van der Waals surface area contributed by atoms with Crippen LogP contribution >= 0.6 is 11.3 Å². The SMILES string of the molecule is CC[C@]1(C2CCN(C(=O)c3cccc(F)c3F)CC2)NC(=O)N(CCc2scnc2C)C1=O. The molecular weight excluding hydrogens is 450 g/mol. The Morgan fingerprint density at radius 3 is 2.64 bits per heavy atom. The molecule has 2 saturated heterocycles. The van der Waals surface area contributed by atoms with Crippen LogP contribution in [0, 0.1) is 24.5 Å². The number of halogens is 2. The average Bonchev–Trinajstić information content (AvgIpc) is 3.34. The van der Waals surface area contributed by atoms with Crippen LogP contribution in [0.4, 0.5) is 13.6 Å². The summed E-state index contributed by atoms with van der Waals surface area (Å²) < 4.78 is 27.6. The number of likely N-dealkylation sites (tertiary alicyclic amines) is 1. The summed E-state index contributed by atoms with van der Waals surface area (Å²) in [7, 11) is 0. The molecule has 2 aliphatic heterocycles. The predicted octanol–water partition coefficient (Wildman–Crippen LogP) is 3.53. The Morgan fingerprint density at radius 2 is 2.00 bits per heavy atom. The van der Waals surface area contributed by atoms with Crippen molar-refractivity contribution < 1.29 is 23.2 Å². The Balaban J connectivity index is 1.43. The van der Waals surface area contributed by atoms with Crippen molar-refractivity contribution in [2.45, 2.75) is 45.1 Å². The van der Waals surface area contributed by atoms with Crippen LogP contribution in [0.1, 0.15) is 47.1 Å². The van der Waals surface area contributed by atoms with E-state index in [-0.39, 0.29) is 23.9 Å². The van der Waals surface area contributed by atoms with E-state index in [9.17, 15) is 23.2 Å². The van der Waals surface area contributed by atoms with E-state index in [0.29, 0.717) is 38.8 Å². The first-order chi connectivity index (χ1) is 15.8. The standard InChI is InChI=1S/C23H26F2N4O3S/c1-3-23(21(31)29(22(32)27-23)12-9-18-14(2)26-13-33-18)15-7-10-28(11-8-15)20(30)16-5-4-6-17(24)19(16)25/h4-6,13,15H,3,7-12H2,1-2H3,(H,27,32)/t23-/m1/s1. The number of benzene rings is 1. The summed E-state index contributed by atoms with van der Waals surface area (Å²) in [4.78, 5) is 46.8. The fourth-order valence-corrected chi connectivity index (χ4v) is 5.62. The molecule has 1 N–H and O–H groups in total. The number of rotatable bonds is 6. The van der Waals surface area contributed by atoms with Gasteiger partial charge in [0.05, 0.1) is 16.8 Å². The summed E-state index contributed by atoms with van der Waals surface area (Å²) in [5, 5.41) is 2.94. The highest BCUT2D eigenvalue weighted by Crippen LogP contribution is 2.36. The van der Waals surface area contributed by atoms with E-state index in [2.05, 4.69) is 10.3 Å². The van der Waals surface area contributed by atoms with Gasteiger partial charge in [0.2, 0.25) is 0 Å². The molecule has 0 spiro atoms. The van der Waals surface area contributed by atoms with Gasteiger partial charge >= 0.3 is 6.03 Å². The number of imide groups is 1. The maximum Gasteiger partial charge on any atom is 0.325 e. The number of amides is 4. The van der Waals surface area contributed by atoms with Crippen LogP contribution in [0.3, 0.4) is 0 Å². The smallest absolute Gasteiger partial charge is 0.325 e. The second kappa shape index (κ2) is 9.17. The van der Waals surface area contributed by atoms with Crippen molar-refractivity contribution in [3.05, 3.63) is 51.5 Å². The number of nitrogens with zero attached hydrogens (tertiary/aromatic N) is 3. The molecule has 176 valence electrons. The molecule has 2 aromatic rings. The molecule has 0 bridgehead atoms. The van der Waals surface area contributed by atoms with Crippen LogP contribution in [0.25, 0.3) is 0 Å². The molecule has 33 heavy (non-hydrogen) atoms. The molecule has 2 aliphatic rings. The number of aryl methyl sites for hydroxylation is 1. The summed E-state index contributed by atoms with van der Waals surface area (Å²) in [6.45, 7) is 4.65. The molecule has 4 rings (SSSR count). The third-order valence-corrected chi connectivity index (χ3v) is 7.82. The van der Waals surface area contributed by atoms with Crippen molar-refractivity contribution in [2.24, 2.45) is 5.92 Å². The van der Waals surface area contributed by atoms with Gasteiger partial charge < -0.3 is 10.2 Å². The first-order valence-corrected chi connectivity index (χ1v) is 11.9. The van der Waals surface area contributed by atoms with Crippen molar-refractivity contribution in [1.29, 1.82) is 0 Å². The number of hydrogen-bond donors (Lipinski definition) is 1. The fourth-order valence-electron chi connectivity index (χ4n) is 4.85. The fraction of sp³-hybridized carbons (Fsp3) is 0.478. The highest BCUT2D eigenvalue weighted by atomic mass is 32.1. The van der Waals surface area contributed by atoms with Gasteiger partial charge in [-0.2, -0.15) is 0 Å². The zero-order valence-corrected chi connectivity index (χ0v) is 19.4. The van der Waals surface area contributed by atoms with Crippen LogP contribution in [-0.2, 0) is 11.2 Å². The lowest BCUT2D eigenvalue weighted by atomic mass is 9.75. The monoisotopic (exact) mass is 476 g/mol. The van der Waals surface area contributed by atoms with E-state index < -0.39 is 29.1 Å². The molecule has 1 aromatic carbocycles. The number of urea groups is 1. The van der Waals surface area contributed by atoms with E-state index in [1.807, 2.05) is 13.8 Å². The van der Waals surface area contributed by atoms with Gasteiger partial charge in [-0.15, -0.1) is 11.3 Å². The minimum absolute atomic E-state index is 0.157. The summed E-state index contributed by atoms with van der Waals surface area (Å²) in [6.07, 6.45) is 1.95. The Kier molecular flexibility index (Phi) is 6.47. The van der Waals surface area contributed by atoms with Crippen molar-refractivity contribution in [2.75, 3.05) is 19.6 Å². The van der Waals surface area contributed by atoms with Crippen LogP contribution in [0.15, 0.2) is 23.7 Å². The van der Waals surface area contributed by atoms with Crippen LogP contribution in [-0.4, -0.2) is 57.8 Å². The van der Waals surface area contributed by atoms with E-state index in [1.54, 1.807) is 5.51 Å². The van der Waals surface area contributed by atoms with Crippen molar-refractivity contribution >= 4 is 29.2 Å². The minimum Gasteiger partial charge on any atom is -0.339 e. The molecule has 7 nitrogen and oxygen atoms in total. The quantitative estimate of drug-likeness (QED) is 0.647. The highest BCUT2D eigenvalue weighted by Gasteiger charge is 2.54. The second-order valence-electron chi connectivity index (χ2n) is 8.49. The molecule has 10 heteroatoms. The number of aromatic nitrogens is 1. The highest BCUT2D eigenvalue weighted by molar-refractivity contribution is 7.09. The lowest BCUT2D eigenvalue weighted by Gasteiger charge is -2.40. The zero-order valence-electron chi connectivity index (χ0n) is 18.6. The van der Waals surface area contributed by atoms with Gasteiger partial charge in [0.1, 0.15) is 5.54 Å². The van der Waals surface area contributed by atoms with Gasteiger partial charge in [-0.05, 0) is 44.2 Å². The summed E-state index contributed by atoms with van der Waals surface area (Å²) in [5.41, 5.74) is 1.34. The molecule has 0 unspecified atom stereocenters. The van der Waals surface area contributed by atoms with Gasteiger partial charge in [-0.1, -0.05) is 13.0 Å². The maximum atomic E-state index is 14.1. The number of carbonyl (C=O) groups is 3. The van der Waals surface area contributed by atoms with Crippen LogP contribution in [0.2, 0.25) is 0 Å². The molecule has 3 heterocycles. The largest absolute Gasteiger partial charge is 0.339 e. The van der Waals surface area contributed by atoms with Crippen molar-refractivity contribution in [3.63, 3.8) is 0 Å². The van der Waals surface area contributed by atoms with Gasteiger partial charge in [0, 0.05) is 30.9 Å². The number of carbonyl (C=O) groups excluding carboxylic acids is 3. The molecule has 0 saturated carbocycles. The summed E-state index contributed by atoms with van der Waals surface area (Å²) >= 11 is 1.50. The Morgan fingerprint density at radius 1 is 1.27 bits per heavy atom. The Labute approximate surface area is 194 Å². The molecule has 2 fully saturated rings. The minimum atomic E-state index is -1.15. The Hall–Kier alpha value is -2.88. The third kappa shape index (κ3) is 4.12. The molecule has 0 radical (unpaired) electrons. The maximum absolute atomic E-state index is 14.1. The Bertz CT molecular complexity index is 1080. The number of nitrogens with one attached hydrogen (secondary N) is 1. The number of hydrogen-bond acceptors (Lipinski definition) is 5. The van der Waals surface area contributed by atoms with E-state index in [0.717, 1.165) is 16.6 Å². The van der Waals surface area contributed by atoms with E-state index in [1.165, 1.54) is 33.3 Å². The average molecular weight is 477 g/mol. The van der Waals surface area contributed by atoms with E-state index in [4.69, 9.17) is 0 Å². The predicted molar refractivity (Wildman–Crippen MR) is 119 cm³/mol. The second-order valence-corrected chi connectivity index (χ2v) is 9.43. The molecule has 4 amide bonds. The zero-order chi connectivity index (χ0) is 23.8. The molecular formula is C23H26F2N4O3S. The van der Waals surface area contributed by atoms with Gasteiger partial charge in [0.15, 0.2) is 11.6 Å². The van der Waals surface area contributed by atoms with Gasteiger partial charge in [-0.3, -0.25) is 14.5 Å². The van der Waals surface area contributed by atoms with Crippen LogP contribution in [0.5, 0.6) is 0 Å². The number of thiazole rings is 1. The van der Waals surface area contributed by atoms with Crippen LogP contribution < -0.4 is 5.32 Å². The normalized spacial score (nSPS) is 21.6. The van der Waals surface area contributed by atoms with Gasteiger partial charge in [-0.25, -0.2) is 18.6 Å². The van der Waals surface area contributed by atoms with Crippen molar-refractivity contribution in [3.8, 4) is 0 Å². The third-order valence-electron chi connectivity index (χ3n) is 6.83. The molecule has 0 aliphatic carbocycles. The summed E-state index contributed by atoms with van der Waals surface area (Å²) in [6, 6.07) is 3.15. The van der Waals surface area contributed by atoms with E-state index >= 15 is 0 Å². The first-order valence-electron chi connectivity index (χ1n) is 11.0. The summed E-state index contributed by atoms with van der Waals surface area (Å²) in [5.74, 6) is -3.18. The molecule has 1 atom stereocenters. The van der Waals surface area contributed by atoms with Gasteiger partial charge in [0.25, 0.3) is 11.8 Å². The lowest BCUT2D eigenvalue weighted by molar-refractivity contribution is -0.134. The topological polar surface area (TPSA) is 82.6 Å². The first kappa shape index (κ1) is 23.3.